The molecule has 1 amide bonds. The fourth-order valence-electron chi connectivity index (χ4n) is 3.36. The average Bonchev–Trinajstić information content (AvgIpc) is 3.42. The minimum Gasteiger partial charge on any atom is -0.497 e. The number of nitrogens with one attached hydrogen (secondary N) is 2. The van der Waals surface area contributed by atoms with Crippen LogP contribution in [0.4, 0.5) is 5.82 Å². The first-order valence-electron chi connectivity index (χ1n) is 8.98. The SMILES string of the molecule is COc1cccc(CC(=O)NC2CCN(c3cc(-c4cccs4)[nH]n3)C2)c1. The number of amides is 1. The van der Waals surface area contributed by atoms with Crippen molar-refractivity contribution in [1.29, 1.82) is 0 Å². The Morgan fingerprint density at radius 2 is 2.30 bits per heavy atom. The maximum Gasteiger partial charge on any atom is 0.224 e. The van der Waals surface area contributed by atoms with Gasteiger partial charge in [-0.3, -0.25) is 9.89 Å². The van der Waals surface area contributed by atoms with E-state index in [-0.39, 0.29) is 11.9 Å². The second-order valence-electron chi connectivity index (χ2n) is 6.64. The fourth-order valence-corrected chi connectivity index (χ4v) is 4.06. The van der Waals surface area contributed by atoms with Crippen molar-refractivity contribution in [2.45, 2.75) is 18.9 Å². The van der Waals surface area contributed by atoms with Crippen LogP contribution in [0.15, 0.2) is 47.8 Å². The van der Waals surface area contributed by atoms with Crippen LogP contribution in [0.3, 0.4) is 0 Å². The molecule has 1 unspecified atom stereocenters. The summed E-state index contributed by atoms with van der Waals surface area (Å²) in [5, 5.41) is 12.7. The molecule has 27 heavy (non-hydrogen) atoms. The quantitative estimate of drug-likeness (QED) is 0.687. The highest BCUT2D eigenvalue weighted by Gasteiger charge is 2.25. The first-order valence-corrected chi connectivity index (χ1v) is 9.86. The topological polar surface area (TPSA) is 70.2 Å². The van der Waals surface area contributed by atoms with Crippen LogP contribution in [0, 0.1) is 0 Å². The molecule has 1 aliphatic rings. The van der Waals surface area contributed by atoms with Gasteiger partial charge in [0.1, 0.15) is 5.75 Å². The lowest BCUT2D eigenvalue weighted by Gasteiger charge is -2.16. The third kappa shape index (κ3) is 4.14. The van der Waals surface area contributed by atoms with E-state index in [1.54, 1.807) is 18.4 Å². The molecule has 7 heteroatoms. The molecule has 0 radical (unpaired) electrons. The van der Waals surface area contributed by atoms with E-state index in [1.807, 2.05) is 30.3 Å². The fraction of sp³-hybridized carbons (Fsp3) is 0.300. The van der Waals surface area contributed by atoms with Crippen molar-refractivity contribution in [3.8, 4) is 16.3 Å². The van der Waals surface area contributed by atoms with Gasteiger partial charge in [-0.25, -0.2) is 0 Å². The largest absolute Gasteiger partial charge is 0.497 e. The van der Waals surface area contributed by atoms with Crippen molar-refractivity contribution in [1.82, 2.24) is 15.5 Å². The number of methoxy groups -OCH3 is 1. The standard InChI is InChI=1S/C20H22N4O2S/c1-26-16-5-2-4-14(10-16)11-20(25)21-15-7-8-24(13-15)19-12-17(22-23-19)18-6-3-9-27-18/h2-6,9-10,12,15H,7-8,11,13H2,1H3,(H,21,25)(H,22,23). The number of hydrogen-bond donors (Lipinski definition) is 2. The lowest BCUT2D eigenvalue weighted by atomic mass is 10.1. The predicted octanol–water partition coefficient (Wildman–Crippen LogP) is 3.08. The van der Waals surface area contributed by atoms with Crippen LogP contribution in [0.2, 0.25) is 0 Å². The molecule has 1 atom stereocenters. The average molecular weight is 382 g/mol. The second-order valence-corrected chi connectivity index (χ2v) is 7.59. The molecule has 3 aromatic rings. The number of ether oxygens (including phenoxy) is 1. The first-order chi connectivity index (χ1) is 13.2. The molecule has 1 saturated heterocycles. The maximum atomic E-state index is 12.4. The second kappa shape index (κ2) is 7.84. The van der Waals surface area contributed by atoms with Gasteiger partial charge in [0.15, 0.2) is 5.82 Å². The number of thiophene rings is 1. The molecule has 1 fully saturated rings. The summed E-state index contributed by atoms with van der Waals surface area (Å²) in [5.74, 6) is 1.74. The Balaban J connectivity index is 1.32. The first kappa shape index (κ1) is 17.6. The molecular weight excluding hydrogens is 360 g/mol. The van der Waals surface area contributed by atoms with Gasteiger partial charge < -0.3 is 15.0 Å². The van der Waals surface area contributed by atoms with Gasteiger partial charge in [-0.1, -0.05) is 18.2 Å². The molecule has 0 spiro atoms. The van der Waals surface area contributed by atoms with Crippen LogP contribution in [-0.2, 0) is 11.2 Å². The normalized spacial score (nSPS) is 16.5. The predicted molar refractivity (Wildman–Crippen MR) is 107 cm³/mol. The summed E-state index contributed by atoms with van der Waals surface area (Å²) in [6.45, 7) is 1.66. The van der Waals surface area contributed by atoms with E-state index in [0.29, 0.717) is 6.42 Å². The number of anilines is 1. The van der Waals surface area contributed by atoms with Gasteiger partial charge in [0.25, 0.3) is 0 Å². The number of rotatable bonds is 6. The van der Waals surface area contributed by atoms with Gasteiger partial charge in [-0.2, -0.15) is 5.10 Å². The summed E-state index contributed by atoms with van der Waals surface area (Å²) in [5.41, 5.74) is 1.99. The van der Waals surface area contributed by atoms with E-state index < -0.39 is 0 Å². The minimum absolute atomic E-state index is 0.0383. The summed E-state index contributed by atoms with van der Waals surface area (Å²) < 4.78 is 5.21. The number of hydrogen-bond acceptors (Lipinski definition) is 5. The highest BCUT2D eigenvalue weighted by molar-refractivity contribution is 7.13. The smallest absolute Gasteiger partial charge is 0.224 e. The molecule has 2 aromatic heterocycles. The summed E-state index contributed by atoms with van der Waals surface area (Å²) in [6.07, 6.45) is 1.28. The Kier molecular flexibility index (Phi) is 5.11. The van der Waals surface area contributed by atoms with Crippen LogP contribution in [-0.4, -0.2) is 42.3 Å². The number of nitrogens with zero attached hydrogens (tertiary/aromatic N) is 2. The van der Waals surface area contributed by atoms with Crippen LogP contribution in [0.5, 0.6) is 5.75 Å². The van der Waals surface area contributed by atoms with Crippen molar-refractivity contribution >= 4 is 23.1 Å². The summed E-state index contributed by atoms with van der Waals surface area (Å²) >= 11 is 1.69. The highest BCUT2D eigenvalue weighted by Crippen LogP contribution is 2.27. The Labute approximate surface area is 162 Å². The number of H-pyrrole nitrogens is 1. The highest BCUT2D eigenvalue weighted by atomic mass is 32.1. The number of benzene rings is 1. The molecule has 0 saturated carbocycles. The molecule has 1 aliphatic heterocycles. The molecule has 4 rings (SSSR count). The molecule has 3 heterocycles. The van der Waals surface area contributed by atoms with E-state index in [9.17, 15) is 4.79 Å². The van der Waals surface area contributed by atoms with Crippen LogP contribution >= 0.6 is 11.3 Å². The van der Waals surface area contributed by atoms with Crippen molar-refractivity contribution in [3.05, 3.63) is 53.4 Å². The minimum atomic E-state index is 0.0383. The van der Waals surface area contributed by atoms with Gasteiger partial charge in [0.05, 0.1) is 24.1 Å². The van der Waals surface area contributed by atoms with Gasteiger partial charge in [-0.05, 0) is 35.6 Å². The van der Waals surface area contributed by atoms with Gasteiger partial charge in [0.2, 0.25) is 5.91 Å². The lowest BCUT2D eigenvalue weighted by Crippen LogP contribution is -2.38. The summed E-state index contributed by atoms with van der Waals surface area (Å²) in [7, 11) is 1.63. The van der Waals surface area contributed by atoms with Crippen molar-refractivity contribution in [2.75, 3.05) is 25.1 Å². The van der Waals surface area contributed by atoms with E-state index >= 15 is 0 Å². The zero-order chi connectivity index (χ0) is 18.6. The molecule has 2 N–H and O–H groups in total. The third-order valence-electron chi connectivity index (χ3n) is 4.73. The monoisotopic (exact) mass is 382 g/mol. The Bertz CT molecular complexity index is 906. The molecule has 140 valence electrons. The van der Waals surface area contributed by atoms with E-state index in [0.717, 1.165) is 42.3 Å². The number of aromatic nitrogens is 2. The zero-order valence-corrected chi connectivity index (χ0v) is 16.0. The molecule has 1 aromatic carbocycles. The van der Waals surface area contributed by atoms with Crippen LogP contribution < -0.4 is 15.0 Å². The van der Waals surface area contributed by atoms with Crippen LogP contribution in [0.25, 0.3) is 10.6 Å². The van der Waals surface area contributed by atoms with Crippen molar-refractivity contribution < 1.29 is 9.53 Å². The van der Waals surface area contributed by atoms with E-state index in [4.69, 9.17) is 4.74 Å². The molecule has 0 bridgehead atoms. The Hall–Kier alpha value is -2.80. The van der Waals surface area contributed by atoms with Gasteiger partial charge in [0, 0.05) is 25.2 Å². The number of aromatic amines is 1. The number of carbonyl (C=O) groups is 1. The summed E-state index contributed by atoms with van der Waals surface area (Å²) in [6, 6.07) is 14.0. The zero-order valence-electron chi connectivity index (χ0n) is 15.1. The maximum absolute atomic E-state index is 12.4. The van der Waals surface area contributed by atoms with Crippen molar-refractivity contribution in [3.63, 3.8) is 0 Å². The molecule has 6 nitrogen and oxygen atoms in total. The molecular formula is C20H22N4O2S. The van der Waals surface area contributed by atoms with Gasteiger partial charge in [-0.15, -0.1) is 11.3 Å². The van der Waals surface area contributed by atoms with Crippen LogP contribution in [0.1, 0.15) is 12.0 Å². The lowest BCUT2D eigenvalue weighted by molar-refractivity contribution is -0.121. The van der Waals surface area contributed by atoms with E-state index in [1.165, 1.54) is 4.88 Å². The Morgan fingerprint density at radius 3 is 3.11 bits per heavy atom. The van der Waals surface area contributed by atoms with Crippen molar-refractivity contribution in [2.24, 2.45) is 0 Å². The third-order valence-corrected chi connectivity index (χ3v) is 5.63. The number of carbonyl (C=O) groups excluding carboxylic acids is 1. The molecule has 0 aliphatic carbocycles. The van der Waals surface area contributed by atoms with Gasteiger partial charge >= 0.3 is 0 Å². The Morgan fingerprint density at radius 1 is 1.37 bits per heavy atom. The summed E-state index contributed by atoms with van der Waals surface area (Å²) in [4.78, 5) is 15.8. The van der Waals surface area contributed by atoms with E-state index in [2.05, 4.69) is 37.9 Å².